The number of carbonyl (C=O) groups is 2. The Morgan fingerprint density at radius 2 is 1.76 bits per heavy atom. The molecule has 3 aromatic rings. The van der Waals surface area contributed by atoms with Gasteiger partial charge in [0.15, 0.2) is 0 Å². The van der Waals surface area contributed by atoms with Crippen LogP contribution < -0.4 is 15.0 Å². The maximum atomic E-state index is 13.6. The largest absolute Gasteiger partial charge is 0.495 e. The average molecular weight is 447 g/mol. The van der Waals surface area contributed by atoms with Gasteiger partial charge in [-0.3, -0.25) is 14.6 Å². The lowest BCUT2D eigenvalue weighted by atomic mass is 10.0. The molecule has 1 aliphatic heterocycles. The molecule has 1 aliphatic rings. The molecule has 2 aromatic carbocycles. The maximum absolute atomic E-state index is 13.6. The highest BCUT2D eigenvalue weighted by atomic mass is 16.5. The van der Waals surface area contributed by atoms with Crippen LogP contribution in [0.4, 0.5) is 11.4 Å². The van der Waals surface area contributed by atoms with Gasteiger partial charge in [-0.25, -0.2) is 0 Å². The van der Waals surface area contributed by atoms with Crippen molar-refractivity contribution in [1.29, 1.82) is 0 Å². The average Bonchev–Trinajstić information content (AvgIpc) is 2.82. The van der Waals surface area contributed by atoms with Gasteiger partial charge in [0.1, 0.15) is 5.75 Å². The standard InChI is InChI=1S/C26H30N4O3/c1-17(2)25(31)28-19-15-21(20-10-9-18(3)27-22(20)16-19)26(32)30-13-11-29(12-14-30)23-7-5-6-8-24(23)33-4/h5-10,15-17H,11-14H2,1-4H3,(H,28,31). The van der Waals surface area contributed by atoms with E-state index in [9.17, 15) is 9.59 Å². The zero-order chi connectivity index (χ0) is 23.5. The first kappa shape index (κ1) is 22.6. The van der Waals surface area contributed by atoms with Gasteiger partial charge in [-0.15, -0.1) is 0 Å². The summed E-state index contributed by atoms with van der Waals surface area (Å²) in [6, 6.07) is 15.4. The Bertz CT molecular complexity index is 1180. The van der Waals surface area contributed by atoms with Gasteiger partial charge in [-0.1, -0.05) is 32.0 Å². The Labute approximate surface area is 194 Å². The minimum Gasteiger partial charge on any atom is -0.495 e. The molecular weight excluding hydrogens is 416 g/mol. The molecule has 4 rings (SSSR count). The van der Waals surface area contributed by atoms with Crippen LogP contribution in [0.25, 0.3) is 10.9 Å². The molecule has 7 heteroatoms. The van der Waals surface area contributed by atoms with Crippen LogP contribution in [0.1, 0.15) is 29.9 Å². The van der Waals surface area contributed by atoms with Crippen molar-refractivity contribution in [2.75, 3.05) is 43.5 Å². The van der Waals surface area contributed by atoms with Crippen LogP contribution in [0.15, 0.2) is 48.5 Å². The normalized spacial score (nSPS) is 14.0. The first-order chi connectivity index (χ1) is 15.9. The third-order valence-electron chi connectivity index (χ3n) is 5.96. The number of amides is 2. The smallest absolute Gasteiger partial charge is 0.254 e. The number of hydrogen-bond acceptors (Lipinski definition) is 5. The lowest BCUT2D eigenvalue weighted by Gasteiger charge is -2.36. The van der Waals surface area contributed by atoms with Gasteiger partial charge in [-0.05, 0) is 37.3 Å². The van der Waals surface area contributed by atoms with Crippen LogP contribution in [0, 0.1) is 12.8 Å². The topological polar surface area (TPSA) is 74.8 Å². The molecule has 172 valence electrons. The van der Waals surface area contributed by atoms with Crippen molar-refractivity contribution < 1.29 is 14.3 Å². The first-order valence-electron chi connectivity index (χ1n) is 11.3. The predicted molar refractivity (Wildman–Crippen MR) is 131 cm³/mol. The molecule has 0 unspecified atom stereocenters. The van der Waals surface area contributed by atoms with E-state index < -0.39 is 0 Å². The molecule has 2 heterocycles. The molecule has 0 saturated carbocycles. The number of ether oxygens (including phenoxy) is 1. The number of carbonyl (C=O) groups excluding carboxylic acids is 2. The highest BCUT2D eigenvalue weighted by Crippen LogP contribution is 2.29. The van der Waals surface area contributed by atoms with Crippen LogP contribution in [-0.2, 0) is 4.79 Å². The van der Waals surface area contributed by atoms with Gasteiger partial charge in [0.25, 0.3) is 5.91 Å². The number of benzene rings is 2. The van der Waals surface area contributed by atoms with E-state index in [4.69, 9.17) is 4.74 Å². The number of pyridine rings is 1. The van der Waals surface area contributed by atoms with E-state index in [1.54, 1.807) is 13.2 Å². The third kappa shape index (κ3) is 4.77. The van der Waals surface area contributed by atoms with Gasteiger partial charge in [0.2, 0.25) is 5.91 Å². The SMILES string of the molecule is COc1ccccc1N1CCN(C(=O)c2cc(NC(=O)C(C)C)cc3nc(C)ccc23)CC1. The van der Waals surface area contributed by atoms with E-state index in [2.05, 4.69) is 15.2 Å². The summed E-state index contributed by atoms with van der Waals surface area (Å²) < 4.78 is 5.50. The number of rotatable bonds is 5. The van der Waals surface area contributed by atoms with Crippen molar-refractivity contribution in [2.24, 2.45) is 5.92 Å². The summed E-state index contributed by atoms with van der Waals surface area (Å²) in [7, 11) is 1.67. The number of piperazine rings is 1. The van der Waals surface area contributed by atoms with Crippen molar-refractivity contribution >= 4 is 34.1 Å². The van der Waals surface area contributed by atoms with Crippen LogP contribution in [0.5, 0.6) is 5.75 Å². The fraction of sp³-hybridized carbons (Fsp3) is 0.346. The summed E-state index contributed by atoms with van der Waals surface area (Å²) in [5.74, 6) is 0.531. The number of methoxy groups -OCH3 is 1. The molecule has 33 heavy (non-hydrogen) atoms. The van der Waals surface area contributed by atoms with Crippen LogP contribution in [0.2, 0.25) is 0 Å². The monoisotopic (exact) mass is 446 g/mol. The Hall–Kier alpha value is -3.61. The second kappa shape index (κ2) is 9.48. The summed E-state index contributed by atoms with van der Waals surface area (Å²) >= 11 is 0. The molecule has 0 bridgehead atoms. The summed E-state index contributed by atoms with van der Waals surface area (Å²) in [5, 5.41) is 3.71. The molecule has 2 amide bonds. The van der Waals surface area contributed by atoms with Crippen molar-refractivity contribution in [1.82, 2.24) is 9.88 Å². The Morgan fingerprint density at radius 1 is 1.03 bits per heavy atom. The van der Waals surface area contributed by atoms with Crippen LogP contribution >= 0.6 is 0 Å². The molecule has 7 nitrogen and oxygen atoms in total. The van der Waals surface area contributed by atoms with E-state index in [0.717, 1.165) is 22.5 Å². The van der Waals surface area contributed by atoms with Gasteiger partial charge >= 0.3 is 0 Å². The lowest BCUT2D eigenvalue weighted by molar-refractivity contribution is -0.118. The molecule has 0 spiro atoms. The highest BCUT2D eigenvalue weighted by Gasteiger charge is 2.25. The van der Waals surface area contributed by atoms with Crippen molar-refractivity contribution in [3.8, 4) is 5.75 Å². The second-order valence-electron chi connectivity index (χ2n) is 8.64. The quantitative estimate of drug-likeness (QED) is 0.639. The van der Waals surface area contributed by atoms with Gasteiger partial charge in [-0.2, -0.15) is 0 Å². The molecular formula is C26H30N4O3. The highest BCUT2D eigenvalue weighted by molar-refractivity contribution is 6.08. The molecule has 0 radical (unpaired) electrons. The fourth-order valence-corrected chi connectivity index (χ4v) is 4.08. The Balaban J connectivity index is 1.59. The third-order valence-corrected chi connectivity index (χ3v) is 5.96. The van der Waals surface area contributed by atoms with Crippen LogP contribution in [-0.4, -0.2) is 55.0 Å². The van der Waals surface area contributed by atoms with Crippen molar-refractivity contribution in [3.05, 3.63) is 59.8 Å². The predicted octanol–water partition coefficient (Wildman–Crippen LogP) is 4.11. The molecule has 0 atom stereocenters. The second-order valence-corrected chi connectivity index (χ2v) is 8.64. The lowest BCUT2D eigenvalue weighted by Crippen LogP contribution is -2.49. The zero-order valence-corrected chi connectivity index (χ0v) is 19.6. The maximum Gasteiger partial charge on any atom is 0.254 e. The summed E-state index contributed by atoms with van der Waals surface area (Å²) in [5.41, 5.74) is 3.75. The molecule has 1 N–H and O–H groups in total. The van der Waals surface area contributed by atoms with E-state index in [1.807, 2.05) is 68.1 Å². The summed E-state index contributed by atoms with van der Waals surface area (Å²) in [4.78, 5) is 34.6. The number of nitrogens with one attached hydrogen (secondary N) is 1. The van der Waals surface area contributed by atoms with Crippen molar-refractivity contribution in [3.63, 3.8) is 0 Å². The number of nitrogens with zero attached hydrogens (tertiary/aromatic N) is 3. The number of aromatic nitrogens is 1. The minimum atomic E-state index is -0.159. The van der Waals surface area contributed by atoms with Gasteiger partial charge in [0.05, 0.1) is 23.9 Å². The van der Waals surface area contributed by atoms with E-state index in [0.29, 0.717) is 42.9 Å². The number of para-hydroxylation sites is 2. The zero-order valence-electron chi connectivity index (χ0n) is 19.6. The Kier molecular flexibility index (Phi) is 6.49. The molecule has 0 aliphatic carbocycles. The number of hydrogen-bond donors (Lipinski definition) is 1. The van der Waals surface area contributed by atoms with Gasteiger partial charge in [0, 0.05) is 48.9 Å². The number of aryl methyl sites for hydroxylation is 1. The number of anilines is 2. The minimum absolute atomic E-state index is 0.0500. The summed E-state index contributed by atoms with van der Waals surface area (Å²) in [6.45, 7) is 8.21. The van der Waals surface area contributed by atoms with E-state index in [-0.39, 0.29) is 17.7 Å². The Morgan fingerprint density at radius 3 is 2.45 bits per heavy atom. The molecule has 1 aromatic heterocycles. The van der Waals surface area contributed by atoms with E-state index in [1.165, 1.54) is 0 Å². The molecule has 1 fully saturated rings. The van der Waals surface area contributed by atoms with Gasteiger partial charge < -0.3 is 19.9 Å². The van der Waals surface area contributed by atoms with Crippen molar-refractivity contribution in [2.45, 2.75) is 20.8 Å². The summed E-state index contributed by atoms with van der Waals surface area (Å²) in [6.07, 6.45) is 0. The fourth-order valence-electron chi connectivity index (χ4n) is 4.08. The first-order valence-corrected chi connectivity index (χ1v) is 11.3. The number of fused-ring (bicyclic) bond motifs is 1. The van der Waals surface area contributed by atoms with E-state index >= 15 is 0 Å². The molecule has 1 saturated heterocycles. The van der Waals surface area contributed by atoms with Crippen LogP contribution in [0.3, 0.4) is 0 Å².